The first-order valence-corrected chi connectivity index (χ1v) is 8.16. The summed E-state index contributed by atoms with van der Waals surface area (Å²) in [5.74, 6) is 0. The molecule has 0 spiro atoms. The molecule has 0 radical (unpaired) electrons. The lowest BCUT2D eigenvalue weighted by atomic mass is 10.0. The maximum absolute atomic E-state index is 6.10. The van der Waals surface area contributed by atoms with E-state index < -0.39 is 0 Å². The van der Waals surface area contributed by atoms with Gasteiger partial charge in [0.1, 0.15) is 0 Å². The Morgan fingerprint density at radius 3 is 2.81 bits per heavy atom. The molecule has 0 aliphatic heterocycles. The largest absolute Gasteiger partial charge is 0.380 e. The molecule has 21 heavy (non-hydrogen) atoms. The van der Waals surface area contributed by atoms with Gasteiger partial charge in [-0.05, 0) is 37.0 Å². The Labute approximate surface area is 128 Å². The minimum absolute atomic E-state index is 0.247. The quantitative estimate of drug-likeness (QED) is 0.714. The van der Waals surface area contributed by atoms with Crippen molar-refractivity contribution in [2.75, 3.05) is 13.2 Å². The molecule has 1 unspecified atom stereocenters. The molecule has 1 atom stereocenters. The Kier molecular flexibility index (Phi) is 6.27. The van der Waals surface area contributed by atoms with Crippen molar-refractivity contribution in [3.8, 4) is 0 Å². The highest BCUT2D eigenvalue weighted by molar-refractivity contribution is 5.83. The van der Waals surface area contributed by atoms with Crippen LogP contribution in [-0.4, -0.2) is 23.8 Å². The first-order valence-electron chi connectivity index (χ1n) is 8.16. The predicted octanol–water partition coefficient (Wildman–Crippen LogP) is 3.74. The zero-order chi connectivity index (χ0) is 15.1. The molecule has 0 saturated carbocycles. The first kappa shape index (κ1) is 16.1. The number of nitrogens with zero attached hydrogens (tertiary/aromatic N) is 1. The number of benzene rings is 1. The average Bonchev–Trinajstić information content (AvgIpc) is 2.91. The van der Waals surface area contributed by atoms with Gasteiger partial charge in [-0.3, -0.25) is 0 Å². The van der Waals surface area contributed by atoms with Gasteiger partial charge in [-0.25, -0.2) is 0 Å². The van der Waals surface area contributed by atoms with Crippen LogP contribution in [0.3, 0.4) is 0 Å². The van der Waals surface area contributed by atoms with E-state index in [0.717, 1.165) is 39.0 Å². The standard InChI is InChI=1S/C18H28N2O/c1-3-5-12-21-13-11-20-10-9-17-15(14-16(19)4-2)7-6-8-18(17)20/h6-10,16H,3-5,11-14,19H2,1-2H3. The summed E-state index contributed by atoms with van der Waals surface area (Å²) in [5.41, 5.74) is 8.74. The van der Waals surface area contributed by atoms with Gasteiger partial charge in [0.25, 0.3) is 0 Å². The summed E-state index contributed by atoms with van der Waals surface area (Å²) in [6, 6.07) is 8.96. The van der Waals surface area contributed by atoms with E-state index in [1.807, 2.05) is 0 Å². The number of hydrogen-bond donors (Lipinski definition) is 1. The van der Waals surface area contributed by atoms with Gasteiger partial charge in [0.05, 0.1) is 6.61 Å². The molecule has 0 bridgehead atoms. The van der Waals surface area contributed by atoms with Gasteiger partial charge in [0.2, 0.25) is 0 Å². The van der Waals surface area contributed by atoms with Crippen LogP contribution in [0.25, 0.3) is 10.9 Å². The van der Waals surface area contributed by atoms with Crippen LogP contribution in [0.4, 0.5) is 0 Å². The number of rotatable bonds is 9. The van der Waals surface area contributed by atoms with Gasteiger partial charge in [-0.15, -0.1) is 0 Å². The molecule has 0 amide bonds. The molecule has 2 aromatic rings. The fraction of sp³-hybridized carbons (Fsp3) is 0.556. The highest BCUT2D eigenvalue weighted by Crippen LogP contribution is 2.21. The predicted molar refractivity (Wildman–Crippen MR) is 89.6 cm³/mol. The van der Waals surface area contributed by atoms with Crippen molar-refractivity contribution < 1.29 is 4.74 Å². The Balaban J connectivity index is 2.04. The zero-order valence-electron chi connectivity index (χ0n) is 13.3. The molecule has 1 heterocycles. The van der Waals surface area contributed by atoms with Crippen LogP contribution < -0.4 is 5.73 Å². The van der Waals surface area contributed by atoms with E-state index in [1.165, 1.54) is 22.9 Å². The summed E-state index contributed by atoms with van der Waals surface area (Å²) in [6.07, 6.45) is 6.46. The van der Waals surface area contributed by atoms with E-state index >= 15 is 0 Å². The molecule has 3 heteroatoms. The van der Waals surface area contributed by atoms with Gasteiger partial charge >= 0.3 is 0 Å². The van der Waals surface area contributed by atoms with Crippen molar-refractivity contribution in [1.82, 2.24) is 4.57 Å². The van der Waals surface area contributed by atoms with Crippen molar-refractivity contribution in [1.29, 1.82) is 0 Å². The minimum Gasteiger partial charge on any atom is -0.380 e. The van der Waals surface area contributed by atoms with E-state index in [9.17, 15) is 0 Å². The Bertz CT molecular complexity index is 547. The smallest absolute Gasteiger partial charge is 0.0645 e. The van der Waals surface area contributed by atoms with E-state index in [4.69, 9.17) is 10.5 Å². The third-order valence-electron chi connectivity index (χ3n) is 4.03. The third-order valence-corrected chi connectivity index (χ3v) is 4.03. The molecule has 3 nitrogen and oxygen atoms in total. The van der Waals surface area contributed by atoms with Crippen LogP contribution >= 0.6 is 0 Å². The molecule has 0 fully saturated rings. The van der Waals surface area contributed by atoms with Crippen molar-refractivity contribution in [2.24, 2.45) is 5.73 Å². The number of fused-ring (bicyclic) bond motifs is 1. The number of ether oxygens (including phenoxy) is 1. The SMILES string of the molecule is CCCCOCCn1ccc2c(CC(N)CC)cccc21. The lowest BCUT2D eigenvalue weighted by Crippen LogP contribution is -2.21. The topological polar surface area (TPSA) is 40.2 Å². The van der Waals surface area contributed by atoms with Crippen molar-refractivity contribution in [3.63, 3.8) is 0 Å². The maximum atomic E-state index is 6.10. The normalized spacial score (nSPS) is 12.9. The molecule has 0 aliphatic rings. The van der Waals surface area contributed by atoms with Crippen LogP contribution in [0.2, 0.25) is 0 Å². The average molecular weight is 288 g/mol. The van der Waals surface area contributed by atoms with E-state index in [2.05, 4.69) is 48.9 Å². The van der Waals surface area contributed by atoms with Crippen LogP contribution in [0.15, 0.2) is 30.5 Å². The fourth-order valence-corrected chi connectivity index (χ4v) is 2.60. The van der Waals surface area contributed by atoms with Crippen molar-refractivity contribution in [3.05, 3.63) is 36.0 Å². The van der Waals surface area contributed by atoms with E-state index in [1.54, 1.807) is 0 Å². The Hall–Kier alpha value is -1.32. The van der Waals surface area contributed by atoms with Gasteiger partial charge in [0, 0.05) is 36.3 Å². The summed E-state index contributed by atoms with van der Waals surface area (Å²) in [7, 11) is 0. The highest BCUT2D eigenvalue weighted by atomic mass is 16.5. The number of hydrogen-bond acceptors (Lipinski definition) is 2. The van der Waals surface area contributed by atoms with Crippen LogP contribution in [0.5, 0.6) is 0 Å². The summed E-state index contributed by atoms with van der Waals surface area (Å²) in [6.45, 7) is 6.89. The molecule has 1 aromatic heterocycles. The molecular formula is C18H28N2O. The van der Waals surface area contributed by atoms with Crippen LogP contribution in [-0.2, 0) is 17.7 Å². The minimum atomic E-state index is 0.247. The molecule has 2 N–H and O–H groups in total. The molecule has 0 saturated heterocycles. The molecule has 0 aliphatic carbocycles. The molecule has 1 aromatic carbocycles. The highest BCUT2D eigenvalue weighted by Gasteiger charge is 2.08. The van der Waals surface area contributed by atoms with Gasteiger partial charge in [0.15, 0.2) is 0 Å². The molecule has 116 valence electrons. The Morgan fingerprint density at radius 2 is 2.05 bits per heavy atom. The second kappa shape index (κ2) is 8.20. The lowest BCUT2D eigenvalue weighted by Gasteiger charge is -2.11. The fourth-order valence-electron chi connectivity index (χ4n) is 2.60. The van der Waals surface area contributed by atoms with Crippen molar-refractivity contribution >= 4 is 10.9 Å². The van der Waals surface area contributed by atoms with E-state index in [-0.39, 0.29) is 6.04 Å². The second-order valence-electron chi connectivity index (χ2n) is 5.70. The van der Waals surface area contributed by atoms with Gasteiger partial charge in [-0.2, -0.15) is 0 Å². The summed E-state index contributed by atoms with van der Waals surface area (Å²) in [4.78, 5) is 0. The third kappa shape index (κ3) is 4.32. The molecule has 2 rings (SSSR count). The first-order chi connectivity index (χ1) is 10.3. The van der Waals surface area contributed by atoms with Crippen LogP contribution in [0, 0.1) is 0 Å². The number of unbranched alkanes of at least 4 members (excludes halogenated alkanes) is 1. The summed E-state index contributed by atoms with van der Waals surface area (Å²) >= 11 is 0. The number of nitrogens with two attached hydrogens (primary N) is 1. The molecular weight excluding hydrogens is 260 g/mol. The van der Waals surface area contributed by atoms with E-state index in [0.29, 0.717) is 0 Å². The summed E-state index contributed by atoms with van der Waals surface area (Å²) in [5, 5.41) is 1.33. The van der Waals surface area contributed by atoms with Gasteiger partial charge in [-0.1, -0.05) is 32.4 Å². The summed E-state index contributed by atoms with van der Waals surface area (Å²) < 4.78 is 7.95. The zero-order valence-corrected chi connectivity index (χ0v) is 13.3. The maximum Gasteiger partial charge on any atom is 0.0645 e. The van der Waals surface area contributed by atoms with Crippen molar-refractivity contribution in [2.45, 2.75) is 52.1 Å². The number of aromatic nitrogens is 1. The van der Waals surface area contributed by atoms with Crippen LogP contribution in [0.1, 0.15) is 38.7 Å². The second-order valence-corrected chi connectivity index (χ2v) is 5.70. The monoisotopic (exact) mass is 288 g/mol. The van der Waals surface area contributed by atoms with Gasteiger partial charge < -0.3 is 15.0 Å². The lowest BCUT2D eigenvalue weighted by molar-refractivity contribution is 0.124. The Morgan fingerprint density at radius 1 is 1.19 bits per heavy atom.